The standard InChI is InChI=1S/C18H18O3/c1-14(10-11-19)13-21-17-9-5-8-16(12-17)18(20)15-6-3-2-4-7-15/h2-10,12,19H,11,13H2,1H3/b14-10+. The van der Waals surface area contributed by atoms with Gasteiger partial charge in [0.1, 0.15) is 12.4 Å². The molecule has 0 saturated heterocycles. The highest BCUT2D eigenvalue weighted by Crippen LogP contribution is 2.17. The van der Waals surface area contributed by atoms with Gasteiger partial charge in [0.15, 0.2) is 5.78 Å². The molecule has 0 spiro atoms. The van der Waals surface area contributed by atoms with Crippen LogP contribution in [0.15, 0.2) is 66.2 Å². The third-order valence-corrected chi connectivity index (χ3v) is 3.04. The van der Waals surface area contributed by atoms with Crippen molar-refractivity contribution in [3.63, 3.8) is 0 Å². The van der Waals surface area contributed by atoms with Gasteiger partial charge in [0.25, 0.3) is 0 Å². The number of aliphatic hydroxyl groups is 1. The summed E-state index contributed by atoms with van der Waals surface area (Å²) >= 11 is 0. The fraction of sp³-hybridized carbons (Fsp3) is 0.167. The minimum atomic E-state index is -0.0244. The van der Waals surface area contributed by atoms with Gasteiger partial charge in [-0.15, -0.1) is 0 Å². The second kappa shape index (κ2) is 7.41. The molecule has 2 aromatic carbocycles. The third-order valence-electron chi connectivity index (χ3n) is 3.04. The van der Waals surface area contributed by atoms with Gasteiger partial charge in [-0.3, -0.25) is 4.79 Å². The monoisotopic (exact) mass is 282 g/mol. The number of carbonyl (C=O) groups excluding carboxylic acids is 1. The smallest absolute Gasteiger partial charge is 0.193 e. The number of hydrogen-bond acceptors (Lipinski definition) is 3. The van der Waals surface area contributed by atoms with Gasteiger partial charge in [0.2, 0.25) is 0 Å². The summed E-state index contributed by atoms with van der Waals surface area (Å²) in [5.74, 6) is 0.617. The Balaban J connectivity index is 2.11. The number of carbonyl (C=O) groups is 1. The molecular formula is C18H18O3. The van der Waals surface area contributed by atoms with Crippen LogP contribution in [0.3, 0.4) is 0 Å². The number of rotatable bonds is 6. The number of aliphatic hydroxyl groups excluding tert-OH is 1. The first-order valence-corrected chi connectivity index (χ1v) is 6.80. The Kier molecular flexibility index (Phi) is 5.29. The Bertz CT molecular complexity index is 630. The normalized spacial score (nSPS) is 11.2. The molecule has 0 aliphatic carbocycles. The topological polar surface area (TPSA) is 46.5 Å². The largest absolute Gasteiger partial charge is 0.489 e. The van der Waals surface area contributed by atoms with Crippen molar-refractivity contribution < 1.29 is 14.6 Å². The van der Waals surface area contributed by atoms with E-state index in [9.17, 15) is 4.79 Å². The summed E-state index contributed by atoms with van der Waals surface area (Å²) in [6, 6.07) is 16.3. The van der Waals surface area contributed by atoms with Crippen molar-refractivity contribution in [2.24, 2.45) is 0 Å². The Labute approximate surface area is 124 Å². The highest BCUT2D eigenvalue weighted by molar-refractivity contribution is 6.09. The van der Waals surface area contributed by atoms with Crippen molar-refractivity contribution in [3.8, 4) is 5.75 Å². The molecular weight excluding hydrogens is 264 g/mol. The van der Waals surface area contributed by atoms with E-state index < -0.39 is 0 Å². The maximum Gasteiger partial charge on any atom is 0.193 e. The van der Waals surface area contributed by atoms with Gasteiger partial charge < -0.3 is 9.84 Å². The summed E-state index contributed by atoms with van der Waals surface area (Å²) in [5, 5.41) is 8.80. The number of ether oxygens (including phenoxy) is 1. The van der Waals surface area contributed by atoms with Crippen LogP contribution in [0.5, 0.6) is 5.75 Å². The van der Waals surface area contributed by atoms with Crippen LogP contribution in [0, 0.1) is 0 Å². The number of benzene rings is 2. The van der Waals surface area contributed by atoms with E-state index in [1.807, 2.05) is 31.2 Å². The van der Waals surface area contributed by atoms with Crippen molar-refractivity contribution >= 4 is 5.78 Å². The van der Waals surface area contributed by atoms with Crippen molar-refractivity contribution in [2.75, 3.05) is 13.2 Å². The average Bonchev–Trinajstić information content (AvgIpc) is 2.54. The molecule has 2 aromatic rings. The molecule has 3 nitrogen and oxygen atoms in total. The van der Waals surface area contributed by atoms with E-state index in [1.54, 1.807) is 36.4 Å². The van der Waals surface area contributed by atoms with Crippen LogP contribution >= 0.6 is 0 Å². The van der Waals surface area contributed by atoms with Gasteiger partial charge in [-0.05, 0) is 24.6 Å². The van der Waals surface area contributed by atoms with Crippen LogP contribution in [0.1, 0.15) is 22.8 Å². The Morgan fingerprint density at radius 2 is 1.81 bits per heavy atom. The van der Waals surface area contributed by atoms with Crippen molar-refractivity contribution in [3.05, 3.63) is 77.4 Å². The zero-order chi connectivity index (χ0) is 15.1. The third kappa shape index (κ3) is 4.29. The molecule has 0 aliphatic heterocycles. The molecule has 0 radical (unpaired) electrons. The second-order valence-corrected chi connectivity index (χ2v) is 4.74. The predicted molar refractivity (Wildman–Crippen MR) is 82.7 cm³/mol. The summed E-state index contributed by atoms with van der Waals surface area (Å²) in [6.45, 7) is 2.28. The van der Waals surface area contributed by atoms with Crippen LogP contribution < -0.4 is 4.74 Å². The molecule has 3 heteroatoms. The molecule has 0 unspecified atom stereocenters. The molecule has 0 atom stereocenters. The lowest BCUT2D eigenvalue weighted by molar-refractivity contribution is 0.103. The minimum Gasteiger partial charge on any atom is -0.489 e. The second-order valence-electron chi connectivity index (χ2n) is 4.74. The summed E-state index contributed by atoms with van der Waals surface area (Å²) in [4.78, 5) is 12.3. The predicted octanol–water partition coefficient (Wildman–Crippen LogP) is 3.24. The van der Waals surface area contributed by atoms with E-state index in [2.05, 4.69) is 0 Å². The first-order chi connectivity index (χ1) is 10.2. The van der Waals surface area contributed by atoms with E-state index in [4.69, 9.17) is 9.84 Å². The van der Waals surface area contributed by atoms with Crippen LogP contribution in [-0.2, 0) is 0 Å². The van der Waals surface area contributed by atoms with E-state index in [-0.39, 0.29) is 12.4 Å². The zero-order valence-electron chi connectivity index (χ0n) is 12.0. The number of hydrogen-bond donors (Lipinski definition) is 1. The fourth-order valence-electron chi connectivity index (χ4n) is 1.90. The lowest BCUT2D eigenvalue weighted by Gasteiger charge is -2.08. The molecule has 0 aromatic heterocycles. The molecule has 2 rings (SSSR count). The van der Waals surface area contributed by atoms with Crippen LogP contribution in [0.2, 0.25) is 0 Å². The van der Waals surface area contributed by atoms with E-state index >= 15 is 0 Å². The first-order valence-electron chi connectivity index (χ1n) is 6.80. The molecule has 0 fully saturated rings. The van der Waals surface area contributed by atoms with Crippen LogP contribution in [0.25, 0.3) is 0 Å². The van der Waals surface area contributed by atoms with Crippen molar-refractivity contribution in [1.29, 1.82) is 0 Å². The number of ketones is 1. The van der Waals surface area contributed by atoms with Gasteiger partial charge in [0.05, 0.1) is 6.61 Å². The van der Waals surface area contributed by atoms with Gasteiger partial charge >= 0.3 is 0 Å². The minimum absolute atomic E-state index is 0.00171. The van der Waals surface area contributed by atoms with E-state index in [0.29, 0.717) is 23.5 Å². The van der Waals surface area contributed by atoms with Crippen molar-refractivity contribution in [1.82, 2.24) is 0 Å². The van der Waals surface area contributed by atoms with Gasteiger partial charge in [-0.25, -0.2) is 0 Å². The quantitative estimate of drug-likeness (QED) is 0.653. The Morgan fingerprint density at radius 1 is 1.10 bits per heavy atom. The Morgan fingerprint density at radius 3 is 2.52 bits per heavy atom. The highest BCUT2D eigenvalue weighted by Gasteiger charge is 2.09. The van der Waals surface area contributed by atoms with Gasteiger partial charge in [0, 0.05) is 11.1 Å². The van der Waals surface area contributed by atoms with Crippen LogP contribution in [-0.4, -0.2) is 24.1 Å². The first kappa shape index (κ1) is 15.0. The molecule has 0 aliphatic rings. The summed E-state index contributed by atoms with van der Waals surface area (Å²) in [6.07, 6.45) is 1.69. The molecule has 0 saturated carbocycles. The van der Waals surface area contributed by atoms with E-state index in [0.717, 1.165) is 5.57 Å². The SMILES string of the molecule is C/C(=C\CO)COc1cccc(C(=O)c2ccccc2)c1. The molecule has 0 heterocycles. The fourth-order valence-corrected chi connectivity index (χ4v) is 1.90. The summed E-state index contributed by atoms with van der Waals surface area (Å²) in [7, 11) is 0. The lowest BCUT2D eigenvalue weighted by Crippen LogP contribution is -2.03. The summed E-state index contributed by atoms with van der Waals surface area (Å²) in [5.41, 5.74) is 2.20. The molecule has 0 bridgehead atoms. The molecule has 108 valence electrons. The summed E-state index contributed by atoms with van der Waals surface area (Å²) < 4.78 is 5.62. The van der Waals surface area contributed by atoms with Crippen molar-refractivity contribution in [2.45, 2.75) is 6.92 Å². The Hall–Kier alpha value is -2.39. The molecule has 0 amide bonds. The molecule has 1 N–H and O–H groups in total. The lowest BCUT2D eigenvalue weighted by atomic mass is 10.0. The highest BCUT2D eigenvalue weighted by atomic mass is 16.5. The average molecular weight is 282 g/mol. The van der Waals surface area contributed by atoms with E-state index in [1.165, 1.54) is 0 Å². The maximum absolute atomic E-state index is 12.3. The maximum atomic E-state index is 12.3. The molecule has 21 heavy (non-hydrogen) atoms. The van der Waals surface area contributed by atoms with Crippen LogP contribution in [0.4, 0.5) is 0 Å². The zero-order valence-corrected chi connectivity index (χ0v) is 12.0. The van der Waals surface area contributed by atoms with Gasteiger partial charge in [-0.2, -0.15) is 0 Å². The van der Waals surface area contributed by atoms with Gasteiger partial charge in [-0.1, -0.05) is 48.5 Å².